The lowest BCUT2D eigenvalue weighted by Gasteiger charge is -2.13. The van der Waals surface area contributed by atoms with E-state index in [9.17, 15) is 0 Å². The minimum Gasteiger partial charge on any atom is -0.396 e. The molecule has 1 saturated carbocycles. The van der Waals surface area contributed by atoms with Crippen LogP contribution in [0.2, 0.25) is 0 Å². The third kappa shape index (κ3) is 1.45. The van der Waals surface area contributed by atoms with E-state index in [0.29, 0.717) is 12.5 Å². The molecule has 2 atom stereocenters. The second-order valence-electron chi connectivity index (χ2n) is 3.04. The van der Waals surface area contributed by atoms with Gasteiger partial charge in [-0.1, -0.05) is 26.2 Å². The average Bonchev–Trinajstić information content (AvgIpc) is 2.33. The second-order valence-corrected chi connectivity index (χ2v) is 3.04. The van der Waals surface area contributed by atoms with Crippen molar-refractivity contribution in [1.29, 1.82) is 0 Å². The van der Waals surface area contributed by atoms with Gasteiger partial charge in [0.25, 0.3) is 0 Å². The van der Waals surface area contributed by atoms with Gasteiger partial charge in [0.1, 0.15) is 0 Å². The van der Waals surface area contributed by atoms with Crippen LogP contribution in [-0.4, -0.2) is 11.7 Å². The maximum absolute atomic E-state index is 8.87. The summed E-state index contributed by atoms with van der Waals surface area (Å²) in [7, 11) is 0. The fourth-order valence-corrected chi connectivity index (χ4v) is 1.89. The number of hydrogen-bond acceptors (Lipinski definition) is 1. The lowest BCUT2D eigenvalue weighted by molar-refractivity contribution is 0.192. The topological polar surface area (TPSA) is 20.2 Å². The maximum Gasteiger partial charge on any atom is 0.0461 e. The van der Waals surface area contributed by atoms with Gasteiger partial charge < -0.3 is 5.11 Å². The van der Waals surface area contributed by atoms with Gasteiger partial charge in [-0.05, 0) is 18.3 Å². The van der Waals surface area contributed by atoms with Gasteiger partial charge in [-0.3, -0.25) is 0 Å². The molecule has 1 unspecified atom stereocenters. The molecule has 0 aromatic heterocycles. The van der Waals surface area contributed by atoms with E-state index in [-0.39, 0.29) is 0 Å². The molecule has 0 saturated heterocycles. The Morgan fingerprint density at radius 2 is 2.00 bits per heavy atom. The first kappa shape index (κ1) is 7.07. The number of hydrogen-bond donors (Lipinski definition) is 1. The minimum atomic E-state index is 0.415. The molecule has 1 heteroatoms. The molecule has 0 radical (unpaired) electrons. The second kappa shape index (κ2) is 3.21. The Morgan fingerprint density at radius 1 is 1.33 bits per heavy atom. The first-order valence-corrected chi connectivity index (χ1v) is 3.99. The van der Waals surface area contributed by atoms with Crippen LogP contribution in [0.3, 0.4) is 0 Å². The predicted molar refractivity (Wildman–Crippen MR) is 38.2 cm³/mol. The number of rotatable bonds is 2. The van der Waals surface area contributed by atoms with Gasteiger partial charge in [-0.25, -0.2) is 0 Å². The molecule has 0 aliphatic heterocycles. The molecule has 0 heterocycles. The minimum absolute atomic E-state index is 0.415. The Balaban J connectivity index is 2.32. The van der Waals surface area contributed by atoms with Crippen LogP contribution in [-0.2, 0) is 0 Å². The lowest BCUT2D eigenvalue weighted by Crippen LogP contribution is -2.10. The normalized spacial score (nSPS) is 35.3. The van der Waals surface area contributed by atoms with Gasteiger partial charge in [-0.2, -0.15) is 0 Å². The van der Waals surface area contributed by atoms with Gasteiger partial charge in [0.05, 0.1) is 0 Å². The zero-order valence-electron chi connectivity index (χ0n) is 6.14. The van der Waals surface area contributed by atoms with Crippen molar-refractivity contribution in [2.24, 2.45) is 11.8 Å². The summed E-state index contributed by atoms with van der Waals surface area (Å²) in [5, 5.41) is 8.87. The molecule has 1 nitrogen and oxygen atoms in total. The molecule has 0 aromatic carbocycles. The zero-order chi connectivity index (χ0) is 6.69. The zero-order valence-corrected chi connectivity index (χ0v) is 6.14. The van der Waals surface area contributed by atoms with Crippen LogP contribution >= 0.6 is 0 Å². The van der Waals surface area contributed by atoms with Crippen molar-refractivity contribution >= 4 is 0 Å². The summed E-state index contributed by atoms with van der Waals surface area (Å²) in [5.41, 5.74) is 0. The van der Waals surface area contributed by atoms with E-state index < -0.39 is 0 Å². The smallest absolute Gasteiger partial charge is 0.0461 e. The summed E-state index contributed by atoms with van der Waals surface area (Å²) >= 11 is 0. The molecule has 1 fully saturated rings. The number of aliphatic hydroxyl groups is 1. The van der Waals surface area contributed by atoms with Crippen molar-refractivity contribution in [1.82, 2.24) is 0 Å². The highest BCUT2D eigenvalue weighted by molar-refractivity contribution is 4.75. The van der Waals surface area contributed by atoms with Crippen LogP contribution in [0.25, 0.3) is 0 Å². The molecule has 1 rings (SSSR count). The summed E-state index contributed by atoms with van der Waals surface area (Å²) in [6.07, 6.45) is 5.20. The summed E-state index contributed by atoms with van der Waals surface area (Å²) < 4.78 is 0. The molecule has 0 spiro atoms. The largest absolute Gasteiger partial charge is 0.396 e. The van der Waals surface area contributed by atoms with Crippen molar-refractivity contribution in [2.45, 2.75) is 32.6 Å². The van der Waals surface area contributed by atoms with Crippen molar-refractivity contribution in [3.05, 3.63) is 0 Å². The lowest BCUT2D eigenvalue weighted by atomic mass is 9.95. The Bertz CT molecular complexity index is 70.6. The van der Waals surface area contributed by atoms with Gasteiger partial charge >= 0.3 is 0 Å². The van der Waals surface area contributed by atoms with Crippen LogP contribution in [0.15, 0.2) is 0 Å². The SMILES string of the molecule is CC[C@H]1CCCC1CO. The van der Waals surface area contributed by atoms with Gasteiger partial charge in [-0.15, -0.1) is 0 Å². The van der Waals surface area contributed by atoms with Crippen LogP contribution < -0.4 is 0 Å². The van der Waals surface area contributed by atoms with E-state index in [0.717, 1.165) is 5.92 Å². The quantitative estimate of drug-likeness (QED) is 0.601. The molecule has 1 N–H and O–H groups in total. The van der Waals surface area contributed by atoms with E-state index in [1.165, 1.54) is 25.7 Å². The van der Waals surface area contributed by atoms with Crippen molar-refractivity contribution in [3.8, 4) is 0 Å². The van der Waals surface area contributed by atoms with E-state index in [2.05, 4.69) is 6.92 Å². The van der Waals surface area contributed by atoms with Gasteiger partial charge in [0.15, 0.2) is 0 Å². The Morgan fingerprint density at radius 3 is 2.44 bits per heavy atom. The molecule has 0 aromatic rings. The van der Waals surface area contributed by atoms with E-state index >= 15 is 0 Å². The Kier molecular flexibility index (Phi) is 2.52. The fraction of sp³-hybridized carbons (Fsp3) is 1.00. The molecule has 54 valence electrons. The summed E-state index contributed by atoms with van der Waals surface area (Å²) in [6, 6.07) is 0. The van der Waals surface area contributed by atoms with E-state index in [1.54, 1.807) is 0 Å². The predicted octanol–water partition coefficient (Wildman–Crippen LogP) is 1.81. The van der Waals surface area contributed by atoms with Crippen molar-refractivity contribution < 1.29 is 5.11 Å². The van der Waals surface area contributed by atoms with Gasteiger partial charge in [0.2, 0.25) is 0 Å². The molecule has 9 heavy (non-hydrogen) atoms. The van der Waals surface area contributed by atoms with Crippen LogP contribution in [0, 0.1) is 11.8 Å². The Hall–Kier alpha value is -0.0400. The first-order chi connectivity index (χ1) is 4.38. The molecule has 0 bridgehead atoms. The highest BCUT2D eigenvalue weighted by Gasteiger charge is 2.24. The standard InChI is InChI=1S/C8H16O/c1-2-7-4-3-5-8(7)6-9/h7-9H,2-6H2,1H3/t7-,8?/m0/s1. The molecular weight excluding hydrogens is 112 g/mol. The van der Waals surface area contributed by atoms with Crippen molar-refractivity contribution in [2.75, 3.05) is 6.61 Å². The first-order valence-electron chi connectivity index (χ1n) is 3.99. The monoisotopic (exact) mass is 128 g/mol. The van der Waals surface area contributed by atoms with Gasteiger partial charge in [0, 0.05) is 6.61 Å². The molecule has 1 aliphatic rings. The molecular formula is C8H16O. The highest BCUT2D eigenvalue weighted by Crippen LogP contribution is 2.33. The van der Waals surface area contributed by atoms with E-state index in [1.807, 2.05) is 0 Å². The van der Waals surface area contributed by atoms with Crippen LogP contribution in [0.4, 0.5) is 0 Å². The molecule has 1 aliphatic carbocycles. The summed E-state index contributed by atoms with van der Waals surface area (Å²) in [6.45, 7) is 2.64. The maximum atomic E-state index is 8.87. The van der Waals surface area contributed by atoms with Crippen LogP contribution in [0.5, 0.6) is 0 Å². The third-order valence-corrected chi connectivity index (χ3v) is 2.58. The summed E-state index contributed by atoms with van der Waals surface area (Å²) in [4.78, 5) is 0. The Labute approximate surface area is 57.1 Å². The highest BCUT2D eigenvalue weighted by atomic mass is 16.3. The summed E-state index contributed by atoms with van der Waals surface area (Å²) in [5.74, 6) is 1.46. The number of aliphatic hydroxyl groups excluding tert-OH is 1. The van der Waals surface area contributed by atoms with Crippen LogP contribution in [0.1, 0.15) is 32.6 Å². The fourth-order valence-electron chi connectivity index (χ4n) is 1.89. The van der Waals surface area contributed by atoms with E-state index in [4.69, 9.17) is 5.11 Å². The third-order valence-electron chi connectivity index (χ3n) is 2.58. The van der Waals surface area contributed by atoms with Crippen molar-refractivity contribution in [3.63, 3.8) is 0 Å². The average molecular weight is 128 g/mol. The molecule has 0 amide bonds.